The van der Waals surface area contributed by atoms with Crippen LogP contribution in [0.25, 0.3) is 10.9 Å². The Balaban J connectivity index is 1.63. The number of rotatable bonds is 2. The molecule has 124 valence electrons. The molecule has 2 amide bonds. The monoisotopic (exact) mass is 333 g/mol. The Labute approximate surface area is 143 Å². The summed E-state index contributed by atoms with van der Waals surface area (Å²) in [4.78, 5) is 28.6. The molecule has 0 radical (unpaired) electrons. The number of anilines is 2. The Morgan fingerprint density at radius 2 is 2.08 bits per heavy atom. The van der Waals surface area contributed by atoms with Crippen molar-refractivity contribution in [2.24, 2.45) is 0 Å². The number of aromatic nitrogens is 1. The van der Waals surface area contributed by atoms with Gasteiger partial charge >= 0.3 is 0 Å². The van der Waals surface area contributed by atoms with E-state index in [9.17, 15) is 9.59 Å². The summed E-state index contributed by atoms with van der Waals surface area (Å²) < 4.78 is 5.51. The van der Waals surface area contributed by atoms with Crippen LogP contribution in [0.15, 0.2) is 54.7 Å². The number of pyridine rings is 1. The molecule has 1 aliphatic heterocycles. The summed E-state index contributed by atoms with van der Waals surface area (Å²) in [5, 5.41) is 6.40. The molecule has 6 heteroatoms. The van der Waals surface area contributed by atoms with Crippen LogP contribution in [0.1, 0.15) is 17.3 Å². The van der Waals surface area contributed by atoms with E-state index >= 15 is 0 Å². The minimum absolute atomic E-state index is 0.212. The highest BCUT2D eigenvalue weighted by Gasteiger charge is 2.23. The Morgan fingerprint density at radius 3 is 2.96 bits per heavy atom. The fourth-order valence-corrected chi connectivity index (χ4v) is 2.79. The van der Waals surface area contributed by atoms with Crippen LogP contribution in [-0.2, 0) is 4.79 Å². The SMILES string of the molecule is C[C@@H]1Oc2ccc(NC(=O)c3cccc4ncccc34)cc2NC1=O. The maximum Gasteiger partial charge on any atom is 0.265 e. The third kappa shape index (κ3) is 2.78. The predicted molar refractivity (Wildman–Crippen MR) is 94.9 cm³/mol. The van der Waals surface area contributed by atoms with E-state index in [0.29, 0.717) is 22.7 Å². The van der Waals surface area contributed by atoms with Gasteiger partial charge in [0.25, 0.3) is 11.8 Å². The van der Waals surface area contributed by atoms with Crippen molar-refractivity contribution in [3.63, 3.8) is 0 Å². The van der Waals surface area contributed by atoms with Gasteiger partial charge in [0.05, 0.1) is 11.2 Å². The third-order valence-electron chi connectivity index (χ3n) is 4.06. The number of hydrogen-bond donors (Lipinski definition) is 2. The molecule has 2 N–H and O–H groups in total. The first-order valence-electron chi connectivity index (χ1n) is 7.88. The number of carbonyl (C=O) groups excluding carboxylic acids is 2. The first-order valence-corrected chi connectivity index (χ1v) is 7.88. The summed E-state index contributed by atoms with van der Waals surface area (Å²) in [5.41, 5.74) is 2.41. The normalized spacial score (nSPS) is 15.9. The van der Waals surface area contributed by atoms with Gasteiger partial charge in [0, 0.05) is 22.8 Å². The molecule has 1 aliphatic rings. The molecule has 0 fully saturated rings. The molecular formula is C19H15N3O3. The van der Waals surface area contributed by atoms with Gasteiger partial charge in [0.15, 0.2) is 6.10 Å². The number of nitrogens with zero attached hydrogens (tertiary/aromatic N) is 1. The van der Waals surface area contributed by atoms with E-state index < -0.39 is 6.10 Å². The first kappa shape index (κ1) is 15.1. The Kier molecular flexibility index (Phi) is 3.57. The van der Waals surface area contributed by atoms with Gasteiger partial charge in [-0.2, -0.15) is 0 Å². The van der Waals surface area contributed by atoms with Crippen molar-refractivity contribution in [2.75, 3.05) is 10.6 Å². The lowest BCUT2D eigenvalue weighted by molar-refractivity contribution is -0.122. The molecule has 0 aliphatic carbocycles. The summed E-state index contributed by atoms with van der Waals surface area (Å²) in [5.74, 6) is 0.130. The highest BCUT2D eigenvalue weighted by Crippen LogP contribution is 2.32. The van der Waals surface area contributed by atoms with E-state index in [4.69, 9.17) is 4.74 Å². The van der Waals surface area contributed by atoms with Gasteiger partial charge in [-0.1, -0.05) is 12.1 Å². The molecule has 0 saturated carbocycles. The average molecular weight is 333 g/mol. The molecule has 4 rings (SSSR count). The van der Waals surface area contributed by atoms with Gasteiger partial charge in [0.1, 0.15) is 5.75 Å². The number of fused-ring (bicyclic) bond motifs is 2. The molecule has 0 unspecified atom stereocenters. The van der Waals surface area contributed by atoms with E-state index in [1.807, 2.05) is 12.1 Å². The van der Waals surface area contributed by atoms with E-state index in [-0.39, 0.29) is 11.8 Å². The Morgan fingerprint density at radius 1 is 1.20 bits per heavy atom. The van der Waals surface area contributed by atoms with E-state index in [0.717, 1.165) is 10.9 Å². The largest absolute Gasteiger partial charge is 0.479 e. The van der Waals surface area contributed by atoms with Crippen molar-refractivity contribution in [2.45, 2.75) is 13.0 Å². The average Bonchev–Trinajstić information content (AvgIpc) is 2.62. The van der Waals surface area contributed by atoms with Crippen molar-refractivity contribution in [3.8, 4) is 5.75 Å². The highest BCUT2D eigenvalue weighted by atomic mass is 16.5. The summed E-state index contributed by atoms with van der Waals surface area (Å²) in [6.45, 7) is 1.68. The standard InChI is InChI=1S/C19H15N3O3/c1-11-18(23)22-16-10-12(7-8-17(16)25-11)21-19(24)14-4-2-6-15-13(14)5-3-9-20-15/h2-11H,1H3,(H,21,24)(H,22,23)/t11-/m0/s1. The lowest BCUT2D eigenvalue weighted by atomic mass is 10.1. The van der Waals surface area contributed by atoms with Crippen LogP contribution >= 0.6 is 0 Å². The number of hydrogen-bond acceptors (Lipinski definition) is 4. The van der Waals surface area contributed by atoms with Crippen molar-refractivity contribution in [1.29, 1.82) is 0 Å². The van der Waals surface area contributed by atoms with Crippen LogP contribution < -0.4 is 15.4 Å². The molecule has 0 bridgehead atoms. The zero-order valence-corrected chi connectivity index (χ0v) is 13.4. The van der Waals surface area contributed by atoms with Crippen LogP contribution in [-0.4, -0.2) is 22.9 Å². The molecule has 2 heterocycles. The van der Waals surface area contributed by atoms with Crippen molar-refractivity contribution in [1.82, 2.24) is 4.98 Å². The predicted octanol–water partition coefficient (Wildman–Crippen LogP) is 3.21. The second-order valence-electron chi connectivity index (χ2n) is 5.79. The van der Waals surface area contributed by atoms with E-state index in [2.05, 4.69) is 15.6 Å². The maximum atomic E-state index is 12.7. The van der Waals surface area contributed by atoms with E-state index in [1.54, 1.807) is 49.5 Å². The minimum Gasteiger partial charge on any atom is -0.479 e. The second-order valence-corrected chi connectivity index (χ2v) is 5.79. The Hall–Kier alpha value is -3.41. The molecule has 6 nitrogen and oxygen atoms in total. The molecule has 0 saturated heterocycles. The van der Waals surface area contributed by atoms with Crippen LogP contribution in [0.2, 0.25) is 0 Å². The summed E-state index contributed by atoms with van der Waals surface area (Å²) in [6, 6.07) is 14.2. The van der Waals surface area contributed by atoms with Gasteiger partial charge in [0.2, 0.25) is 0 Å². The summed E-state index contributed by atoms with van der Waals surface area (Å²) in [7, 11) is 0. The zero-order chi connectivity index (χ0) is 17.4. The number of carbonyl (C=O) groups is 2. The summed E-state index contributed by atoms with van der Waals surface area (Å²) >= 11 is 0. The fraction of sp³-hybridized carbons (Fsp3) is 0.105. The van der Waals surface area contributed by atoms with Crippen molar-refractivity contribution >= 4 is 34.1 Å². The van der Waals surface area contributed by atoms with Crippen molar-refractivity contribution < 1.29 is 14.3 Å². The Bertz CT molecular complexity index is 995. The quantitative estimate of drug-likeness (QED) is 0.755. The first-order chi connectivity index (χ1) is 12.1. The van der Waals surface area contributed by atoms with Crippen LogP contribution in [0, 0.1) is 0 Å². The minimum atomic E-state index is -0.531. The van der Waals surface area contributed by atoms with Gasteiger partial charge in [-0.15, -0.1) is 0 Å². The number of amides is 2. The molecule has 1 atom stereocenters. The molecule has 2 aromatic carbocycles. The topological polar surface area (TPSA) is 80.3 Å². The van der Waals surface area contributed by atoms with Gasteiger partial charge in [-0.3, -0.25) is 14.6 Å². The fourth-order valence-electron chi connectivity index (χ4n) is 2.79. The number of benzene rings is 2. The van der Waals surface area contributed by atoms with Gasteiger partial charge in [-0.05, 0) is 43.3 Å². The molecule has 1 aromatic heterocycles. The molecular weight excluding hydrogens is 318 g/mol. The maximum absolute atomic E-state index is 12.7. The number of nitrogens with one attached hydrogen (secondary N) is 2. The second kappa shape index (κ2) is 5.90. The highest BCUT2D eigenvalue weighted by molar-refractivity contribution is 6.12. The lowest BCUT2D eigenvalue weighted by Gasteiger charge is -2.23. The van der Waals surface area contributed by atoms with Crippen molar-refractivity contribution in [3.05, 3.63) is 60.3 Å². The lowest BCUT2D eigenvalue weighted by Crippen LogP contribution is -2.34. The van der Waals surface area contributed by atoms with Gasteiger partial charge in [-0.25, -0.2) is 0 Å². The zero-order valence-electron chi connectivity index (χ0n) is 13.4. The van der Waals surface area contributed by atoms with E-state index in [1.165, 1.54) is 0 Å². The van der Waals surface area contributed by atoms with Crippen LogP contribution in [0.5, 0.6) is 5.75 Å². The number of ether oxygens (including phenoxy) is 1. The van der Waals surface area contributed by atoms with Gasteiger partial charge < -0.3 is 15.4 Å². The van der Waals surface area contributed by atoms with Crippen LogP contribution in [0.3, 0.4) is 0 Å². The third-order valence-corrected chi connectivity index (χ3v) is 4.06. The van der Waals surface area contributed by atoms with Crippen LogP contribution in [0.4, 0.5) is 11.4 Å². The molecule has 3 aromatic rings. The molecule has 25 heavy (non-hydrogen) atoms. The summed E-state index contributed by atoms with van der Waals surface area (Å²) in [6.07, 6.45) is 1.16. The smallest absolute Gasteiger partial charge is 0.265 e. The molecule has 0 spiro atoms.